The van der Waals surface area contributed by atoms with Gasteiger partial charge in [0.1, 0.15) is 0 Å². The van der Waals surface area contributed by atoms with Crippen molar-refractivity contribution in [3.05, 3.63) is 11.7 Å². The van der Waals surface area contributed by atoms with E-state index in [4.69, 9.17) is 14.8 Å². The first-order chi connectivity index (χ1) is 11.8. The molecule has 1 fully saturated rings. The number of aromatic nitrogens is 2. The van der Waals surface area contributed by atoms with Gasteiger partial charge < -0.3 is 9.63 Å². The van der Waals surface area contributed by atoms with Gasteiger partial charge in [-0.2, -0.15) is 18.1 Å². The molecule has 9 nitrogen and oxygen atoms in total. The normalized spacial score (nSPS) is 17.5. The van der Waals surface area contributed by atoms with E-state index >= 15 is 0 Å². The molecule has 0 radical (unpaired) electrons. The molecular formula is C15H26N4O5S. The molecule has 0 bridgehead atoms. The maximum atomic E-state index is 11.1. The van der Waals surface area contributed by atoms with Crippen LogP contribution in [-0.2, 0) is 21.5 Å². The predicted molar refractivity (Wildman–Crippen MR) is 89.7 cm³/mol. The molecule has 10 heteroatoms. The maximum absolute atomic E-state index is 11.1. The van der Waals surface area contributed by atoms with Crippen LogP contribution in [0.3, 0.4) is 0 Å². The fraction of sp³-hybridized carbons (Fsp3) is 0.800. The number of rotatable bonds is 10. The Kier molecular flexibility index (Phi) is 7.33. The molecule has 25 heavy (non-hydrogen) atoms. The van der Waals surface area contributed by atoms with Gasteiger partial charge in [-0.15, -0.1) is 0 Å². The van der Waals surface area contributed by atoms with Gasteiger partial charge in [-0.05, 0) is 12.3 Å². The maximum Gasteiger partial charge on any atom is 0.304 e. The average molecular weight is 374 g/mol. The second-order valence-corrected chi connectivity index (χ2v) is 8.02. The average Bonchev–Trinajstić information content (AvgIpc) is 3.01. The fourth-order valence-corrected chi connectivity index (χ4v) is 3.65. The first-order valence-corrected chi connectivity index (χ1v) is 10.2. The molecule has 2 rings (SSSR count). The van der Waals surface area contributed by atoms with Gasteiger partial charge in [0, 0.05) is 5.92 Å². The van der Waals surface area contributed by atoms with E-state index in [1.165, 1.54) is 32.1 Å². The van der Waals surface area contributed by atoms with Gasteiger partial charge in [-0.3, -0.25) is 4.79 Å². The highest BCUT2D eigenvalue weighted by molar-refractivity contribution is 7.87. The minimum atomic E-state index is -3.84. The minimum absolute atomic E-state index is 0.0884. The van der Waals surface area contributed by atoms with E-state index in [2.05, 4.69) is 14.9 Å². The Balaban J connectivity index is 1.89. The number of carbonyl (C=O) groups is 1. The molecular weight excluding hydrogens is 348 g/mol. The molecule has 1 aliphatic carbocycles. The van der Waals surface area contributed by atoms with Crippen LogP contribution < -0.4 is 9.86 Å². The Bertz CT molecular complexity index is 655. The lowest BCUT2D eigenvalue weighted by molar-refractivity contribution is -0.137. The van der Waals surface area contributed by atoms with Gasteiger partial charge in [0.15, 0.2) is 5.82 Å². The van der Waals surface area contributed by atoms with Gasteiger partial charge in [-0.25, -0.2) is 5.14 Å². The van der Waals surface area contributed by atoms with E-state index in [9.17, 15) is 13.2 Å². The molecule has 0 spiro atoms. The number of carboxylic acid groups (broad SMARTS) is 1. The first-order valence-electron chi connectivity index (χ1n) is 8.65. The topological polar surface area (TPSA) is 148 Å². The van der Waals surface area contributed by atoms with Crippen LogP contribution in [0, 0.1) is 5.92 Å². The van der Waals surface area contributed by atoms with Gasteiger partial charge in [0.05, 0.1) is 13.0 Å². The Labute approximate surface area is 147 Å². The monoisotopic (exact) mass is 374 g/mol. The van der Waals surface area contributed by atoms with Crippen molar-refractivity contribution in [3.8, 4) is 0 Å². The van der Waals surface area contributed by atoms with Gasteiger partial charge in [-0.1, -0.05) is 50.1 Å². The van der Waals surface area contributed by atoms with E-state index in [0.29, 0.717) is 6.42 Å². The molecule has 1 aliphatic rings. The van der Waals surface area contributed by atoms with Crippen LogP contribution in [0.2, 0.25) is 0 Å². The fourth-order valence-electron chi connectivity index (χ4n) is 3.32. The lowest BCUT2D eigenvalue weighted by Gasteiger charge is -2.21. The number of carboxylic acids is 1. The number of aliphatic carboxylic acids is 1. The minimum Gasteiger partial charge on any atom is -0.481 e. The van der Waals surface area contributed by atoms with Gasteiger partial charge in [0.2, 0.25) is 5.89 Å². The zero-order valence-corrected chi connectivity index (χ0v) is 15.0. The van der Waals surface area contributed by atoms with Gasteiger partial charge in [0.25, 0.3) is 10.2 Å². The van der Waals surface area contributed by atoms with Crippen molar-refractivity contribution in [2.24, 2.45) is 11.1 Å². The number of nitrogens with two attached hydrogens (primary N) is 1. The Hall–Kier alpha value is -1.52. The third kappa shape index (κ3) is 7.49. The lowest BCUT2D eigenvalue weighted by atomic mass is 9.84. The predicted octanol–water partition coefficient (Wildman–Crippen LogP) is 1.67. The highest BCUT2D eigenvalue weighted by Crippen LogP contribution is 2.31. The Morgan fingerprint density at radius 1 is 1.36 bits per heavy atom. The van der Waals surface area contributed by atoms with E-state index in [0.717, 1.165) is 18.8 Å². The molecule has 1 heterocycles. The molecule has 0 saturated heterocycles. The number of nitrogens with one attached hydrogen (secondary N) is 1. The van der Waals surface area contributed by atoms with Gasteiger partial charge >= 0.3 is 5.97 Å². The summed E-state index contributed by atoms with van der Waals surface area (Å²) in [6.07, 6.45) is 8.97. The summed E-state index contributed by atoms with van der Waals surface area (Å²) >= 11 is 0. The van der Waals surface area contributed by atoms with Crippen LogP contribution in [0.25, 0.3) is 0 Å². The zero-order valence-electron chi connectivity index (χ0n) is 14.2. The molecule has 0 amide bonds. The molecule has 4 N–H and O–H groups in total. The molecule has 1 saturated carbocycles. The smallest absolute Gasteiger partial charge is 0.304 e. The molecule has 0 aromatic carbocycles. The lowest BCUT2D eigenvalue weighted by Crippen LogP contribution is -2.30. The van der Waals surface area contributed by atoms with E-state index in [-0.39, 0.29) is 30.6 Å². The van der Waals surface area contributed by atoms with E-state index < -0.39 is 16.2 Å². The number of nitrogens with zero attached hydrogens (tertiary/aromatic N) is 2. The second kappa shape index (κ2) is 9.25. The van der Waals surface area contributed by atoms with Crippen LogP contribution in [0.5, 0.6) is 0 Å². The zero-order chi connectivity index (χ0) is 18.3. The summed E-state index contributed by atoms with van der Waals surface area (Å²) in [7, 11) is -3.84. The summed E-state index contributed by atoms with van der Waals surface area (Å²) in [5.74, 6) is -0.192. The number of hydrogen-bond acceptors (Lipinski definition) is 6. The summed E-state index contributed by atoms with van der Waals surface area (Å²) < 4.78 is 29.0. The van der Waals surface area contributed by atoms with Crippen LogP contribution >= 0.6 is 0 Å². The van der Waals surface area contributed by atoms with Crippen molar-refractivity contribution in [1.29, 1.82) is 0 Å². The van der Waals surface area contributed by atoms with Crippen LogP contribution in [-0.4, -0.2) is 29.6 Å². The summed E-state index contributed by atoms with van der Waals surface area (Å²) in [5.41, 5.74) is 0. The van der Waals surface area contributed by atoms with Crippen molar-refractivity contribution in [2.45, 2.75) is 70.3 Å². The molecule has 0 aliphatic heterocycles. The molecule has 1 atom stereocenters. The Morgan fingerprint density at radius 3 is 2.72 bits per heavy atom. The summed E-state index contributed by atoms with van der Waals surface area (Å²) in [4.78, 5) is 15.2. The summed E-state index contributed by atoms with van der Waals surface area (Å²) in [6.45, 7) is -0.190. The van der Waals surface area contributed by atoms with Crippen molar-refractivity contribution >= 4 is 16.2 Å². The largest absolute Gasteiger partial charge is 0.481 e. The summed E-state index contributed by atoms with van der Waals surface area (Å²) in [6, 6.07) is 0. The molecule has 1 aromatic rings. The Morgan fingerprint density at radius 2 is 2.08 bits per heavy atom. The highest BCUT2D eigenvalue weighted by atomic mass is 32.2. The van der Waals surface area contributed by atoms with E-state index in [1.807, 2.05) is 0 Å². The van der Waals surface area contributed by atoms with Crippen LogP contribution in [0.1, 0.15) is 75.4 Å². The van der Waals surface area contributed by atoms with Crippen molar-refractivity contribution < 1.29 is 22.8 Å². The molecule has 0 unspecified atom stereocenters. The SMILES string of the molecule is NS(=O)(=O)NCc1noc([C@H](CCCC2CCCCC2)CC(=O)O)n1. The third-order valence-electron chi connectivity index (χ3n) is 4.58. The van der Waals surface area contributed by atoms with Crippen LogP contribution in [0.4, 0.5) is 0 Å². The quantitative estimate of drug-likeness (QED) is 0.564. The van der Waals surface area contributed by atoms with Crippen molar-refractivity contribution in [3.63, 3.8) is 0 Å². The third-order valence-corrected chi connectivity index (χ3v) is 5.12. The molecule has 142 valence electrons. The van der Waals surface area contributed by atoms with Crippen molar-refractivity contribution in [2.75, 3.05) is 0 Å². The summed E-state index contributed by atoms with van der Waals surface area (Å²) in [5, 5.41) is 17.6. The highest BCUT2D eigenvalue weighted by Gasteiger charge is 2.23. The first kappa shape index (κ1) is 19.8. The number of hydrogen-bond donors (Lipinski definition) is 3. The van der Waals surface area contributed by atoms with Crippen LogP contribution in [0.15, 0.2) is 4.52 Å². The second-order valence-electron chi connectivity index (χ2n) is 6.64. The van der Waals surface area contributed by atoms with Crippen molar-refractivity contribution in [1.82, 2.24) is 14.9 Å². The van der Waals surface area contributed by atoms with E-state index in [1.54, 1.807) is 0 Å². The molecule has 1 aromatic heterocycles. The standard InChI is InChI=1S/C15H26N4O5S/c16-25(22,23)17-10-13-18-15(24-19-13)12(9-14(20)21)8-4-7-11-5-2-1-3-6-11/h11-12,17H,1-10H2,(H,20,21)(H2,16,22,23)/t12-/m1/s1.